The van der Waals surface area contributed by atoms with Gasteiger partial charge in [0.2, 0.25) is 5.91 Å². The summed E-state index contributed by atoms with van der Waals surface area (Å²) in [5.41, 5.74) is 6.11. The van der Waals surface area contributed by atoms with Crippen LogP contribution in [-0.4, -0.2) is 69.5 Å². The Balaban J connectivity index is 1.81. The maximum Gasteiger partial charge on any atom is 0.317 e. The molecule has 2 rings (SSSR count). The van der Waals surface area contributed by atoms with Crippen LogP contribution >= 0.6 is 0 Å². The fraction of sp³-hybridized carbons (Fsp3) is 0.667. The summed E-state index contributed by atoms with van der Waals surface area (Å²) in [5, 5.41) is 10.5. The molecule has 0 unspecified atom stereocenters. The number of carbonyl (C=O) groups is 2. The van der Waals surface area contributed by atoms with Crippen molar-refractivity contribution in [2.45, 2.75) is 20.0 Å². The second kappa shape index (κ2) is 7.02. The van der Waals surface area contributed by atoms with E-state index in [2.05, 4.69) is 15.6 Å². The number of aromatic nitrogens is 3. The van der Waals surface area contributed by atoms with Gasteiger partial charge in [0.05, 0.1) is 11.9 Å². The van der Waals surface area contributed by atoms with E-state index < -0.39 is 0 Å². The van der Waals surface area contributed by atoms with E-state index >= 15 is 0 Å². The number of nitrogens with two attached hydrogens (primary N) is 1. The number of rotatable bonds is 4. The van der Waals surface area contributed by atoms with Crippen LogP contribution < -0.4 is 11.1 Å². The van der Waals surface area contributed by atoms with Crippen molar-refractivity contribution in [3.05, 3.63) is 11.9 Å². The molecule has 0 bridgehead atoms. The van der Waals surface area contributed by atoms with E-state index in [0.717, 1.165) is 0 Å². The summed E-state index contributed by atoms with van der Waals surface area (Å²) in [6, 6.07) is -0.0755. The fourth-order valence-corrected chi connectivity index (χ4v) is 2.17. The van der Waals surface area contributed by atoms with Crippen molar-refractivity contribution >= 4 is 11.9 Å². The van der Waals surface area contributed by atoms with Gasteiger partial charge in [-0.3, -0.25) is 4.79 Å². The zero-order valence-corrected chi connectivity index (χ0v) is 12.2. The monoisotopic (exact) mass is 295 g/mol. The zero-order chi connectivity index (χ0) is 15.2. The molecule has 0 aromatic carbocycles. The first-order valence-corrected chi connectivity index (χ1v) is 7.03. The molecule has 21 heavy (non-hydrogen) atoms. The molecule has 0 radical (unpaired) electrons. The van der Waals surface area contributed by atoms with E-state index in [9.17, 15) is 9.59 Å². The predicted octanol–water partition coefficient (Wildman–Crippen LogP) is -1.39. The molecule has 3 amide bonds. The first kappa shape index (κ1) is 15.2. The van der Waals surface area contributed by atoms with Crippen LogP contribution in [0.5, 0.6) is 0 Å². The Labute approximate surface area is 123 Å². The number of nitrogens with zero attached hydrogens (tertiary/aromatic N) is 5. The summed E-state index contributed by atoms with van der Waals surface area (Å²) < 4.78 is 1.49. The summed E-state index contributed by atoms with van der Waals surface area (Å²) in [7, 11) is 0. The molecule has 116 valence electrons. The summed E-state index contributed by atoms with van der Waals surface area (Å²) in [6.07, 6.45) is 1.67. The molecule has 2 heterocycles. The van der Waals surface area contributed by atoms with E-state index in [0.29, 0.717) is 45.0 Å². The quantitative estimate of drug-likeness (QED) is 0.711. The molecule has 1 aliphatic heterocycles. The topological polar surface area (TPSA) is 109 Å². The van der Waals surface area contributed by atoms with Crippen LogP contribution in [0, 0.1) is 0 Å². The summed E-state index contributed by atoms with van der Waals surface area (Å²) >= 11 is 0. The number of amides is 3. The molecule has 1 aromatic heterocycles. The lowest BCUT2D eigenvalue weighted by Crippen LogP contribution is -2.53. The Morgan fingerprint density at radius 3 is 2.52 bits per heavy atom. The minimum Gasteiger partial charge on any atom is -0.338 e. The largest absolute Gasteiger partial charge is 0.338 e. The van der Waals surface area contributed by atoms with Crippen LogP contribution in [0.25, 0.3) is 0 Å². The molecular formula is C12H21N7O2. The number of urea groups is 1. The first-order valence-electron chi connectivity index (χ1n) is 7.03. The minimum atomic E-state index is -0.0755. The summed E-state index contributed by atoms with van der Waals surface area (Å²) in [4.78, 5) is 27.3. The molecule has 0 saturated carbocycles. The Hall–Kier alpha value is -2.16. The molecule has 0 aliphatic carbocycles. The van der Waals surface area contributed by atoms with Crippen LogP contribution in [0.4, 0.5) is 4.79 Å². The lowest BCUT2D eigenvalue weighted by molar-refractivity contribution is -0.133. The van der Waals surface area contributed by atoms with Crippen molar-refractivity contribution in [1.29, 1.82) is 0 Å². The van der Waals surface area contributed by atoms with Gasteiger partial charge in [-0.15, -0.1) is 5.10 Å². The number of nitrogens with one attached hydrogen (secondary N) is 1. The zero-order valence-electron chi connectivity index (χ0n) is 12.2. The van der Waals surface area contributed by atoms with Crippen molar-refractivity contribution in [3.63, 3.8) is 0 Å². The Morgan fingerprint density at radius 1 is 1.29 bits per heavy atom. The van der Waals surface area contributed by atoms with Crippen LogP contribution in [0.1, 0.15) is 12.6 Å². The Bertz CT molecular complexity index is 494. The van der Waals surface area contributed by atoms with Crippen molar-refractivity contribution in [2.24, 2.45) is 5.73 Å². The highest BCUT2D eigenvalue weighted by Gasteiger charge is 2.24. The molecular weight excluding hydrogens is 274 g/mol. The van der Waals surface area contributed by atoms with Crippen LogP contribution in [0.3, 0.4) is 0 Å². The Morgan fingerprint density at radius 2 is 1.95 bits per heavy atom. The second-order valence-corrected chi connectivity index (χ2v) is 4.81. The van der Waals surface area contributed by atoms with Crippen molar-refractivity contribution < 1.29 is 9.59 Å². The molecule has 1 fully saturated rings. The summed E-state index contributed by atoms with van der Waals surface area (Å²) in [6.45, 7) is 5.10. The first-order chi connectivity index (χ1) is 10.1. The fourth-order valence-electron chi connectivity index (χ4n) is 2.17. The van der Waals surface area contributed by atoms with E-state index in [1.165, 1.54) is 4.68 Å². The van der Waals surface area contributed by atoms with Gasteiger partial charge in [-0.05, 0) is 6.92 Å². The SMILES string of the molecule is CCNC(=O)N1CCN(C(=O)Cn2cc(CN)nn2)CC1. The van der Waals surface area contributed by atoms with Crippen molar-refractivity contribution in [1.82, 2.24) is 30.1 Å². The second-order valence-electron chi connectivity index (χ2n) is 4.81. The van der Waals surface area contributed by atoms with Gasteiger partial charge in [0.1, 0.15) is 6.54 Å². The molecule has 1 saturated heterocycles. The average Bonchev–Trinajstić information content (AvgIpc) is 2.95. The summed E-state index contributed by atoms with van der Waals surface area (Å²) in [5.74, 6) is -0.0287. The molecule has 3 N–H and O–H groups in total. The van der Waals surface area contributed by atoms with E-state index in [1.807, 2.05) is 6.92 Å². The lowest BCUT2D eigenvalue weighted by atomic mass is 10.3. The third-order valence-electron chi connectivity index (χ3n) is 3.34. The van der Waals surface area contributed by atoms with Crippen LogP contribution in [-0.2, 0) is 17.9 Å². The van der Waals surface area contributed by atoms with Gasteiger partial charge in [-0.2, -0.15) is 0 Å². The van der Waals surface area contributed by atoms with Gasteiger partial charge in [-0.1, -0.05) is 5.21 Å². The van der Waals surface area contributed by atoms with Gasteiger partial charge in [0, 0.05) is 39.3 Å². The third kappa shape index (κ3) is 3.91. The Kier molecular flexibility index (Phi) is 5.09. The number of hydrogen-bond donors (Lipinski definition) is 2. The van der Waals surface area contributed by atoms with Crippen molar-refractivity contribution in [3.8, 4) is 0 Å². The molecule has 0 atom stereocenters. The van der Waals surface area contributed by atoms with Gasteiger partial charge in [0.15, 0.2) is 0 Å². The standard InChI is InChI=1S/C12H21N7O2/c1-2-14-12(21)18-5-3-17(4-6-18)11(20)9-19-8-10(7-13)15-16-19/h8H,2-7,9,13H2,1H3,(H,14,21). The van der Waals surface area contributed by atoms with Gasteiger partial charge >= 0.3 is 6.03 Å². The van der Waals surface area contributed by atoms with Gasteiger partial charge in [0.25, 0.3) is 0 Å². The highest BCUT2D eigenvalue weighted by Crippen LogP contribution is 2.04. The highest BCUT2D eigenvalue weighted by molar-refractivity contribution is 5.77. The molecule has 9 heteroatoms. The minimum absolute atomic E-state index is 0.0287. The van der Waals surface area contributed by atoms with Crippen molar-refractivity contribution in [2.75, 3.05) is 32.7 Å². The third-order valence-corrected chi connectivity index (χ3v) is 3.34. The van der Waals surface area contributed by atoms with Crippen LogP contribution in [0.2, 0.25) is 0 Å². The molecule has 1 aliphatic rings. The highest BCUT2D eigenvalue weighted by atomic mass is 16.2. The van der Waals surface area contributed by atoms with E-state index in [1.54, 1.807) is 16.0 Å². The molecule has 1 aromatic rings. The van der Waals surface area contributed by atoms with Crippen LogP contribution in [0.15, 0.2) is 6.20 Å². The smallest absolute Gasteiger partial charge is 0.317 e. The normalized spacial score (nSPS) is 15.1. The average molecular weight is 295 g/mol. The van der Waals surface area contributed by atoms with E-state index in [-0.39, 0.29) is 18.5 Å². The maximum absolute atomic E-state index is 12.2. The van der Waals surface area contributed by atoms with Gasteiger partial charge < -0.3 is 20.9 Å². The molecule has 0 spiro atoms. The number of carbonyl (C=O) groups excluding carboxylic acids is 2. The number of hydrogen-bond acceptors (Lipinski definition) is 5. The van der Waals surface area contributed by atoms with E-state index in [4.69, 9.17) is 5.73 Å². The van der Waals surface area contributed by atoms with Gasteiger partial charge in [-0.25, -0.2) is 9.48 Å². The number of piperazine rings is 1. The molecule has 9 nitrogen and oxygen atoms in total. The predicted molar refractivity (Wildman–Crippen MR) is 75.1 cm³/mol. The lowest BCUT2D eigenvalue weighted by Gasteiger charge is -2.34. The maximum atomic E-state index is 12.2.